The summed E-state index contributed by atoms with van der Waals surface area (Å²) in [5.74, 6) is 0.422. The molecule has 124 valence electrons. The van der Waals surface area contributed by atoms with Gasteiger partial charge in [0.1, 0.15) is 0 Å². The summed E-state index contributed by atoms with van der Waals surface area (Å²) in [5, 5.41) is 3.15. The first kappa shape index (κ1) is 15.2. The van der Waals surface area contributed by atoms with Crippen molar-refractivity contribution in [3.63, 3.8) is 0 Å². The van der Waals surface area contributed by atoms with E-state index in [9.17, 15) is 4.79 Å². The fraction of sp³-hybridized carbons (Fsp3) is 0.400. The molecule has 1 amide bonds. The molecule has 24 heavy (non-hydrogen) atoms. The summed E-state index contributed by atoms with van der Waals surface area (Å²) >= 11 is 0. The number of pyridine rings is 1. The van der Waals surface area contributed by atoms with Crippen molar-refractivity contribution >= 4 is 11.6 Å². The van der Waals surface area contributed by atoms with Crippen LogP contribution >= 0.6 is 0 Å². The zero-order valence-corrected chi connectivity index (χ0v) is 13.8. The zero-order valence-electron chi connectivity index (χ0n) is 13.8. The van der Waals surface area contributed by atoms with Crippen molar-refractivity contribution in [3.8, 4) is 11.1 Å². The zero-order chi connectivity index (χ0) is 16.4. The summed E-state index contributed by atoms with van der Waals surface area (Å²) in [6.45, 7) is 1.82. The number of aromatic nitrogens is 1. The third-order valence-electron chi connectivity index (χ3n) is 5.02. The first-order valence-corrected chi connectivity index (χ1v) is 8.86. The molecule has 1 saturated carbocycles. The van der Waals surface area contributed by atoms with Crippen LogP contribution in [0.4, 0.5) is 5.69 Å². The Bertz CT molecular complexity index is 704. The number of nitrogens with zero attached hydrogens (tertiary/aromatic N) is 2. The lowest BCUT2D eigenvalue weighted by molar-refractivity contribution is -0.125. The second kappa shape index (κ2) is 6.63. The van der Waals surface area contributed by atoms with Crippen molar-refractivity contribution in [2.45, 2.75) is 31.7 Å². The number of hydrogen-bond acceptors (Lipinski definition) is 3. The monoisotopic (exact) mass is 321 g/mol. The number of piperidine rings is 1. The summed E-state index contributed by atoms with van der Waals surface area (Å²) in [4.78, 5) is 18.9. The van der Waals surface area contributed by atoms with E-state index in [0.717, 1.165) is 38.8 Å². The average molecular weight is 321 g/mol. The van der Waals surface area contributed by atoms with Crippen LogP contribution in [-0.2, 0) is 4.79 Å². The minimum atomic E-state index is 0.165. The molecule has 1 aromatic heterocycles. The molecular formula is C20H23N3O. The summed E-state index contributed by atoms with van der Waals surface area (Å²) in [5.41, 5.74) is 3.60. The average Bonchev–Trinajstić information content (AvgIpc) is 3.46. The third-order valence-corrected chi connectivity index (χ3v) is 5.02. The van der Waals surface area contributed by atoms with Gasteiger partial charge in [-0.3, -0.25) is 9.78 Å². The van der Waals surface area contributed by atoms with E-state index < -0.39 is 0 Å². The van der Waals surface area contributed by atoms with Gasteiger partial charge in [-0.1, -0.05) is 30.3 Å². The first-order valence-electron chi connectivity index (χ1n) is 8.86. The Labute approximate surface area is 142 Å². The van der Waals surface area contributed by atoms with Crippen LogP contribution in [0.25, 0.3) is 11.1 Å². The van der Waals surface area contributed by atoms with Crippen molar-refractivity contribution in [3.05, 3.63) is 48.8 Å². The molecule has 4 nitrogen and oxygen atoms in total. The van der Waals surface area contributed by atoms with E-state index in [1.54, 1.807) is 0 Å². The van der Waals surface area contributed by atoms with Gasteiger partial charge in [0.2, 0.25) is 5.91 Å². The van der Waals surface area contributed by atoms with E-state index >= 15 is 0 Å². The molecule has 2 heterocycles. The normalized spacial score (nSPS) is 18.4. The predicted molar refractivity (Wildman–Crippen MR) is 95.8 cm³/mol. The summed E-state index contributed by atoms with van der Waals surface area (Å²) in [6, 6.07) is 13.0. The predicted octanol–water partition coefficient (Wildman–Crippen LogP) is 3.24. The molecular weight excluding hydrogens is 298 g/mol. The molecule has 2 fully saturated rings. The standard InChI is InChI=1S/C20H23N3O/c24-20(22-17-6-7-17)16-9-12-23(13-10-16)19-14-21-11-8-18(19)15-4-2-1-3-5-15/h1-5,8,11,14,16-17H,6-7,9-10,12-13H2,(H,22,24). The molecule has 4 rings (SSSR count). The summed E-state index contributed by atoms with van der Waals surface area (Å²) < 4.78 is 0. The van der Waals surface area contributed by atoms with E-state index in [4.69, 9.17) is 0 Å². The fourth-order valence-corrected chi connectivity index (χ4v) is 3.43. The Morgan fingerprint density at radius 2 is 1.79 bits per heavy atom. The van der Waals surface area contributed by atoms with Crippen LogP contribution in [0.5, 0.6) is 0 Å². The Hall–Kier alpha value is -2.36. The molecule has 0 atom stereocenters. The number of nitrogens with one attached hydrogen (secondary N) is 1. The number of benzene rings is 1. The van der Waals surface area contributed by atoms with Crippen molar-refractivity contribution in [2.75, 3.05) is 18.0 Å². The molecule has 1 saturated heterocycles. The van der Waals surface area contributed by atoms with Gasteiger partial charge in [-0.15, -0.1) is 0 Å². The topological polar surface area (TPSA) is 45.2 Å². The van der Waals surface area contributed by atoms with E-state index in [0.29, 0.717) is 6.04 Å². The van der Waals surface area contributed by atoms with Gasteiger partial charge in [-0.25, -0.2) is 0 Å². The van der Waals surface area contributed by atoms with E-state index in [-0.39, 0.29) is 11.8 Å². The highest BCUT2D eigenvalue weighted by Crippen LogP contribution is 2.32. The molecule has 0 spiro atoms. The lowest BCUT2D eigenvalue weighted by Crippen LogP contribution is -2.41. The van der Waals surface area contributed by atoms with Gasteiger partial charge >= 0.3 is 0 Å². The quantitative estimate of drug-likeness (QED) is 0.940. The molecule has 1 N–H and O–H groups in total. The smallest absolute Gasteiger partial charge is 0.223 e. The van der Waals surface area contributed by atoms with Crippen LogP contribution in [0.15, 0.2) is 48.8 Å². The highest BCUT2D eigenvalue weighted by atomic mass is 16.2. The Morgan fingerprint density at radius 1 is 1.04 bits per heavy atom. The molecule has 2 aliphatic rings. The van der Waals surface area contributed by atoms with Crippen LogP contribution in [0.3, 0.4) is 0 Å². The molecule has 0 bridgehead atoms. The minimum absolute atomic E-state index is 0.165. The largest absolute Gasteiger partial charge is 0.370 e. The van der Waals surface area contributed by atoms with Gasteiger partial charge in [0, 0.05) is 36.8 Å². The van der Waals surface area contributed by atoms with Crippen LogP contribution < -0.4 is 10.2 Å². The third kappa shape index (κ3) is 3.28. The Morgan fingerprint density at radius 3 is 2.50 bits per heavy atom. The Balaban J connectivity index is 1.47. The highest BCUT2D eigenvalue weighted by molar-refractivity contribution is 5.81. The molecule has 1 aliphatic carbocycles. The molecule has 0 unspecified atom stereocenters. The van der Waals surface area contributed by atoms with Crippen LogP contribution in [0.2, 0.25) is 0 Å². The SMILES string of the molecule is O=C(NC1CC1)C1CCN(c2cnccc2-c2ccccc2)CC1. The maximum absolute atomic E-state index is 12.2. The Kier molecular flexibility index (Phi) is 4.20. The van der Waals surface area contributed by atoms with Gasteiger partial charge in [-0.2, -0.15) is 0 Å². The number of carbonyl (C=O) groups is 1. The molecule has 4 heteroatoms. The van der Waals surface area contributed by atoms with Crippen LogP contribution in [-0.4, -0.2) is 30.0 Å². The minimum Gasteiger partial charge on any atom is -0.370 e. The van der Waals surface area contributed by atoms with Crippen molar-refractivity contribution < 1.29 is 4.79 Å². The molecule has 1 aliphatic heterocycles. The number of amides is 1. The fourth-order valence-electron chi connectivity index (χ4n) is 3.43. The molecule has 2 aromatic rings. The maximum atomic E-state index is 12.2. The summed E-state index contributed by atoms with van der Waals surface area (Å²) in [7, 11) is 0. The first-order chi connectivity index (χ1) is 11.8. The number of carbonyl (C=O) groups excluding carboxylic acids is 1. The molecule has 1 aromatic carbocycles. The van der Waals surface area contributed by atoms with Gasteiger partial charge in [0.15, 0.2) is 0 Å². The van der Waals surface area contributed by atoms with E-state index in [2.05, 4.69) is 45.5 Å². The van der Waals surface area contributed by atoms with E-state index in [1.165, 1.54) is 16.8 Å². The highest BCUT2D eigenvalue weighted by Gasteiger charge is 2.30. The van der Waals surface area contributed by atoms with Crippen molar-refractivity contribution in [1.29, 1.82) is 0 Å². The number of rotatable bonds is 4. The van der Waals surface area contributed by atoms with Gasteiger partial charge in [0.25, 0.3) is 0 Å². The second-order valence-corrected chi connectivity index (χ2v) is 6.80. The van der Waals surface area contributed by atoms with Gasteiger partial charge < -0.3 is 10.2 Å². The van der Waals surface area contributed by atoms with Crippen LogP contribution in [0, 0.1) is 5.92 Å². The lowest BCUT2D eigenvalue weighted by Gasteiger charge is -2.34. The lowest BCUT2D eigenvalue weighted by atomic mass is 9.94. The maximum Gasteiger partial charge on any atom is 0.223 e. The van der Waals surface area contributed by atoms with Gasteiger partial charge in [-0.05, 0) is 37.3 Å². The summed E-state index contributed by atoms with van der Waals surface area (Å²) in [6.07, 6.45) is 7.94. The van der Waals surface area contributed by atoms with Gasteiger partial charge in [0.05, 0.1) is 11.9 Å². The second-order valence-electron chi connectivity index (χ2n) is 6.80. The number of hydrogen-bond donors (Lipinski definition) is 1. The van der Waals surface area contributed by atoms with Crippen molar-refractivity contribution in [2.24, 2.45) is 5.92 Å². The number of anilines is 1. The van der Waals surface area contributed by atoms with Crippen LogP contribution in [0.1, 0.15) is 25.7 Å². The molecule has 0 radical (unpaired) electrons. The van der Waals surface area contributed by atoms with E-state index in [1.807, 2.05) is 18.5 Å². The van der Waals surface area contributed by atoms with Crippen molar-refractivity contribution in [1.82, 2.24) is 10.3 Å².